The normalized spacial score (nSPS) is 17.0. The van der Waals surface area contributed by atoms with Crippen LogP contribution in [-0.4, -0.2) is 12.0 Å². The maximum atomic E-state index is 11.3. The van der Waals surface area contributed by atoms with Crippen LogP contribution < -0.4 is 11.3 Å². The van der Waals surface area contributed by atoms with E-state index in [-0.39, 0.29) is 5.91 Å². The number of amides is 1. The summed E-state index contributed by atoms with van der Waals surface area (Å²) in [5.41, 5.74) is 2.13. The van der Waals surface area contributed by atoms with E-state index < -0.39 is 0 Å². The smallest absolute Gasteiger partial charge is 0.275 e. The van der Waals surface area contributed by atoms with Gasteiger partial charge in [0, 0.05) is 4.88 Å². The number of hydrogen-bond donors (Lipinski definition) is 2. The van der Waals surface area contributed by atoms with Gasteiger partial charge in [0.2, 0.25) is 0 Å². The van der Waals surface area contributed by atoms with E-state index >= 15 is 0 Å². The van der Waals surface area contributed by atoms with E-state index in [1.807, 2.05) is 6.07 Å². The monoisotopic (exact) mass is 254 g/mol. The number of carbonyl (C=O) groups excluding carboxylic acids is 1. The quantitative estimate of drug-likeness (QED) is 0.492. The lowest BCUT2D eigenvalue weighted by molar-refractivity contribution is 0.0182. The molecule has 0 spiro atoms. The molecule has 4 nitrogen and oxygen atoms in total. The second-order valence-electron chi connectivity index (χ2n) is 4.31. The van der Waals surface area contributed by atoms with E-state index in [4.69, 9.17) is 10.6 Å². The largest absolute Gasteiger partial charge is 0.373 e. The molecule has 0 aliphatic heterocycles. The minimum atomic E-state index is -0.237. The number of carbonyl (C=O) groups is 1. The summed E-state index contributed by atoms with van der Waals surface area (Å²) in [6, 6.07) is 3.71. The molecule has 3 N–H and O–H groups in total. The average Bonchev–Trinajstić information content (AvgIpc) is 2.85. The second-order valence-corrected chi connectivity index (χ2v) is 5.48. The summed E-state index contributed by atoms with van der Waals surface area (Å²) in [7, 11) is 0. The Balaban J connectivity index is 1.82. The molecule has 94 valence electrons. The Bertz CT molecular complexity index is 372. The lowest BCUT2D eigenvalue weighted by Gasteiger charge is -2.21. The van der Waals surface area contributed by atoms with Crippen LogP contribution in [0.3, 0.4) is 0 Å². The second kappa shape index (κ2) is 6.14. The average molecular weight is 254 g/mol. The van der Waals surface area contributed by atoms with E-state index in [9.17, 15) is 4.79 Å². The molecular formula is C12H18N2O2S. The molecule has 0 saturated heterocycles. The molecule has 0 radical (unpaired) electrons. The Labute approximate surface area is 105 Å². The van der Waals surface area contributed by atoms with E-state index in [0.717, 1.165) is 4.88 Å². The zero-order valence-corrected chi connectivity index (χ0v) is 10.6. The number of hydrogen-bond acceptors (Lipinski definition) is 4. The van der Waals surface area contributed by atoms with Gasteiger partial charge >= 0.3 is 0 Å². The molecule has 17 heavy (non-hydrogen) atoms. The van der Waals surface area contributed by atoms with Crippen LogP contribution in [0, 0.1) is 0 Å². The van der Waals surface area contributed by atoms with Crippen LogP contribution >= 0.6 is 11.3 Å². The van der Waals surface area contributed by atoms with Crippen molar-refractivity contribution >= 4 is 17.2 Å². The van der Waals surface area contributed by atoms with E-state index in [0.29, 0.717) is 17.6 Å². The summed E-state index contributed by atoms with van der Waals surface area (Å²) < 4.78 is 5.84. The number of thiophene rings is 1. The van der Waals surface area contributed by atoms with Crippen molar-refractivity contribution in [3.8, 4) is 0 Å². The third-order valence-electron chi connectivity index (χ3n) is 3.03. The third-order valence-corrected chi connectivity index (χ3v) is 4.09. The van der Waals surface area contributed by atoms with Gasteiger partial charge in [0.05, 0.1) is 17.6 Å². The molecule has 1 saturated carbocycles. The van der Waals surface area contributed by atoms with Crippen molar-refractivity contribution in [2.45, 2.75) is 44.8 Å². The van der Waals surface area contributed by atoms with Crippen molar-refractivity contribution in [3.63, 3.8) is 0 Å². The van der Waals surface area contributed by atoms with E-state index in [1.165, 1.54) is 43.4 Å². The van der Waals surface area contributed by atoms with Crippen LogP contribution in [0.2, 0.25) is 0 Å². The van der Waals surface area contributed by atoms with Gasteiger partial charge in [-0.3, -0.25) is 10.2 Å². The Kier molecular flexibility index (Phi) is 4.53. The highest BCUT2D eigenvalue weighted by Gasteiger charge is 2.14. The van der Waals surface area contributed by atoms with Crippen LogP contribution in [0.5, 0.6) is 0 Å². The summed E-state index contributed by atoms with van der Waals surface area (Å²) in [6.45, 7) is 0.604. The van der Waals surface area contributed by atoms with Crippen molar-refractivity contribution in [3.05, 3.63) is 21.9 Å². The standard InChI is InChI=1S/C12H18N2O2S/c13-14-12(15)11-7-6-10(17-11)8-16-9-4-2-1-3-5-9/h6-7,9H,1-5,8,13H2,(H,14,15). The summed E-state index contributed by atoms with van der Waals surface area (Å²) in [5, 5.41) is 0. The minimum absolute atomic E-state index is 0.237. The molecule has 1 heterocycles. The van der Waals surface area contributed by atoms with Gasteiger partial charge in [0.25, 0.3) is 5.91 Å². The molecular weight excluding hydrogens is 236 g/mol. The number of rotatable bonds is 4. The van der Waals surface area contributed by atoms with E-state index in [1.54, 1.807) is 6.07 Å². The van der Waals surface area contributed by atoms with Gasteiger partial charge in [-0.15, -0.1) is 11.3 Å². The van der Waals surface area contributed by atoms with Crippen molar-refractivity contribution < 1.29 is 9.53 Å². The van der Waals surface area contributed by atoms with E-state index in [2.05, 4.69) is 5.43 Å². The maximum absolute atomic E-state index is 11.3. The molecule has 1 aliphatic carbocycles. The van der Waals surface area contributed by atoms with Gasteiger partial charge in [-0.2, -0.15) is 0 Å². The van der Waals surface area contributed by atoms with Gasteiger partial charge in [-0.05, 0) is 25.0 Å². The number of nitrogens with two attached hydrogens (primary N) is 1. The first-order valence-corrected chi connectivity index (χ1v) is 6.82. The Hall–Kier alpha value is -0.910. The molecule has 0 aromatic carbocycles. The molecule has 1 amide bonds. The van der Waals surface area contributed by atoms with Crippen LogP contribution in [0.25, 0.3) is 0 Å². The van der Waals surface area contributed by atoms with Crippen LogP contribution in [0.4, 0.5) is 0 Å². The summed E-state index contributed by atoms with van der Waals surface area (Å²) in [6.07, 6.45) is 6.62. The van der Waals surface area contributed by atoms with Crippen molar-refractivity contribution in [2.24, 2.45) is 5.84 Å². The van der Waals surface area contributed by atoms with Gasteiger partial charge in [-0.25, -0.2) is 5.84 Å². The maximum Gasteiger partial charge on any atom is 0.275 e. The summed E-state index contributed by atoms with van der Waals surface area (Å²) >= 11 is 1.44. The fraction of sp³-hybridized carbons (Fsp3) is 0.583. The number of nitrogen functional groups attached to an aromatic ring is 1. The van der Waals surface area contributed by atoms with Gasteiger partial charge in [0.1, 0.15) is 0 Å². The van der Waals surface area contributed by atoms with Crippen LogP contribution in [0.15, 0.2) is 12.1 Å². The highest BCUT2D eigenvalue weighted by Crippen LogP contribution is 2.23. The summed E-state index contributed by atoms with van der Waals surface area (Å²) in [5.74, 6) is 4.84. The molecule has 2 rings (SSSR count). The molecule has 1 aliphatic rings. The third kappa shape index (κ3) is 3.52. The molecule has 5 heteroatoms. The SMILES string of the molecule is NNC(=O)c1ccc(COC2CCCCC2)s1. The molecule has 0 bridgehead atoms. The fourth-order valence-electron chi connectivity index (χ4n) is 2.08. The zero-order chi connectivity index (χ0) is 12.1. The number of nitrogens with one attached hydrogen (secondary N) is 1. The molecule has 1 aromatic heterocycles. The predicted molar refractivity (Wildman–Crippen MR) is 67.6 cm³/mol. The van der Waals surface area contributed by atoms with Crippen molar-refractivity contribution in [2.75, 3.05) is 0 Å². The van der Waals surface area contributed by atoms with Crippen molar-refractivity contribution in [1.29, 1.82) is 0 Å². The Morgan fingerprint density at radius 1 is 1.41 bits per heavy atom. The van der Waals surface area contributed by atoms with Gasteiger partial charge < -0.3 is 4.74 Å². The minimum Gasteiger partial charge on any atom is -0.373 e. The lowest BCUT2D eigenvalue weighted by atomic mass is 9.98. The molecule has 1 aromatic rings. The summed E-state index contributed by atoms with van der Waals surface area (Å²) in [4.78, 5) is 13.0. The van der Waals surface area contributed by atoms with Gasteiger partial charge in [0.15, 0.2) is 0 Å². The van der Waals surface area contributed by atoms with Crippen LogP contribution in [-0.2, 0) is 11.3 Å². The predicted octanol–water partition coefficient (Wildman–Crippen LogP) is 2.20. The molecule has 0 atom stereocenters. The zero-order valence-electron chi connectivity index (χ0n) is 9.78. The van der Waals surface area contributed by atoms with Gasteiger partial charge in [-0.1, -0.05) is 19.3 Å². The van der Waals surface area contributed by atoms with Crippen LogP contribution in [0.1, 0.15) is 46.7 Å². The Morgan fingerprint density at radius 3 is 2.88 bits per heavy atom. The fourth-order valence-corrected chi connectivity index (χ4v) is 2.91. The Morgan fingerprint density at radius 2 is 2.18 bits per heavy atom. The molecule has 1 fully saturated rings. The van der Waals surface area contributed by atoms with Crippen molar-refractivity contribution in [1.82, 2.24) is 5.43 Å². The first-order chi connectivity index (χ1) is 8.29. The first-order valence-electron chi connectivity index (χ1n) is 6.01. The molecule has 0 unspecified atom stereocenters. The first kappa shape index (κ1) is 12.5. The highest BCUT2D eigenvalue weighted by molar-refractivity contribution is 7.14. The lowest BCUT2D eigenvalue weighted by Crippen LogP contribution is -2.29. The highest BCUT2D eigenvalue weighted by atomic mass is 32.1. The number of hydrazine groups is 1. The topological polar surface area (TPSA) is 64.3 Å². The number of ether oxygens (including phenoxy) is 1.